The van der Waals surface area contributed by atoms with E-state index in [2.05, 4.69) is 20.8 Å². The van der Waals surface area contributed by atoms with E-state index < -0.39 is 11.3 Å². The molecule has 0 spiro atoms. The van der Waals surface area contributed by atoms with Crippen molar-refractivity contribution in [2.45, 2.75) is 36.6 Å². The summed E-state index contributed by atoms with van der Waals surface area (Å²) in [5.41, 5.74) is 0.0892. The lowest BCUT2D eigenvalue weighted by Crippen LogP contribution is -2.12. The van der Waals surface area contributed by atoms with E-state index in [1.165, 1.54) is 5.56 Å². The zero-order valence-electron chi connectivity index (χ0n) is 12.5. The Bertz CT molecular complexity index is 599. The van der Waals surface area contributed by atoms with E-state index in [9.17, 15) is 9.18 Å². The Hall–Kier alpha value is -1.61. The van der Waals surface area contributed by atoms with E-state index in [0.29, 0.717) is 5.56 Å². The average molecular weight is 302 g/mol. The fraction of sp³-hybridized carbons (Fsp3) is 0.278. The van der Waals surface area contributed by atoms with Crippen molar-refractivity contribution in [1.29, 1.82) is 0 Å². The van der Waals surface area contributed by atoms with E-state index in [1.54, 1.807) is 24.3 Å². The second-order valence-corrected chi connectivity index (χ2v) is 7.06. The number of hydrogen-bond donors (Lipinski definition) is 0. The van der Waals surface area contributed by atoms with Crippen molar-refractivity contribution >= 4 is 17.5 Å². The Kier molecular flexibility index (Phi) is 4.84. The Labute approximate surface area is 129 Å². The molecule has 0 bridgehead atoms. The molecule has 2 aromatic rings. The average Bonchev–Trinajstić information content (AvgIpc) is 2.47. The van der Waals surface area contributed by atoms with Gasteiger partial charge in [-0.2, -0.15) is 0 Å². The first-order valence-electron chi connectivity index (χ1n) is 6.88. The summed E-state index contributed by atoms with van der Waals surface area (Å²) < 4.78 is 14.1. The molecule has 0 radical (unpaired) electrons. The Morgan fingerprint density at radius 2 is 1.57 bits per heavy atom. The number of halogens is 1. The zero-order valence-corrected chi connectivity index (χ0v) is 13.3. The second-order valence-electron chi connectivity index (χ2n) is 5.94. The third-order valence-corrected chi connectivity index (χ3v) is 4.19. The molecule has 21 heavy (non-hydrogen) atoms. The van der Waals surface area contributed by atoms with Crippen LogP contribution in [0.1, 0.15) is 36.7 Å². The molecule has 0 aromatic heterocycles. The van der Waals surface area contributed by atoms with Crippen LogP contribution in [-0.4, -0.2) is 11.3 Å². The predicted octanol–water partition coefficient (Wildman–Crippen LogP) is 5.25. The maximum atomic E-state index is 14.1. The summed E-state index contributed by atoms with van der Waals surface area (Å²) in [5.74, 6) is -0.486. The summed E-state index contributed by atoms with van der Waals surface area (Å²) >= 11 is 0.950. The number of hydrogen-bond acceptors (Lipinski definition) is 2. The third-order valence-electron chi connectivity index (χ3n) is 3.22. The van der Waals surface area contributed by atoms with Gasteiger partial charge in [0.25, 0.3) is 0 Å². The van der Waals surface area contributed by atoms with Crippen molar-refractivity contribution < 1.29 is 9.18 Å². The van der Waals surface area contributed by atoms with Crippen LogP contribution in [0.4, 0.5) is 4.39 Å². The van der Waals surface area contributed by atoms with Gasteiger partial charge in [-0.05, 0) is 23.1 Å². The number of thioether (sulfide) groups is 1. The maximum Gasteiger partial charge on any atom is 0.213 e. The van der Waals surface area contributed by atoms with E-state index >= 15 is 0 Å². The molecule has 1 nitrogen and oxygen atoms in total. The minimum absolute atomic E-state index is 0.0676. The van der Waals surface area contributed by atoms with Gasteiger partial charge in [-0.3, -0.25) is 4.79 Å². The topological polar surface area (TPSA) is 17.1 Å². The van der Waals surface area contributed by atoms with E-state index in [0.717, 1.165) is 16.7 Å². The van der Waals surface area contributed by atoms with Gasteiger partial charge < -0.3 is 0 Å². The van der Waals surface area contributed by atoms with E-state index in [4.69, 9.17) is 0 Å². The molecule has 1 atom stereocenters. The molecule has 2 aromatic carbocycles. The molecule has 2 rings (SSSR count). The number of benzene rings is 2. The summed E-state index contributed by atoms with van der Waals surface area (Å²) in [5, 5.41) is 0. The van der Waals surface area contributed by atoms with Gasteiger partial charge in [-0.1, -0.05) is 75.0 Å². The Morgan fingerprint density at radius 3 is 2.10 bits per heavy atom. The number of carbonyl (C=O) groups is 1. The monoisotopic (exact) mass is 302 g/mol. The normalized spacial score (nSPS) is 13.0. The summed E-state index contributed by atoms with van der Waals surface area (Å²) in [7, 11) is 0. The molecule has 0 N–H and O–H groups in total. The minimum Gasteiger partial charge on any atom is -0.290 e. The van der Waals surface area contributed by atoms with Gasteiger partial charge in [0.15, 0.2) is 0 Å². The fourth-order valence-corrected chi connectivity index (χ4v) is 2.72. The molecule has 110 valence electrons. The number of alkyl halides is 1. The molecule has 0 aliphatic carbocycles. The molecule has 0 saturated carbocycles. The summed E-state index contributed by atoms with van der Waals surface area (Å²) in [6.07, 6.45) is 0. The van der Waals surface area contributed by atoms with Gasteiger partial charge >= 0.3 is 0 Å². The summed E-state index contributed by atoms with van der Waals surface area (Å²) in [6.45, 7) is 6.39. The number of rotatable bonds is 4. The highest BCUT2D eigenvalue weighted by Crippen LogP contribution is 2.29. The van der Waals surface area contributed by atoms with Crippen molar-refractivity contribution in [3.05, 3.63) is 65.7 Å². The first kappa shape index (κ1) is 15.8. The van der Waals surface area contributed by atoms with Crippen LogP contribution in [0.25, 0.3) is 0 Å². The van der Waals surface area contributed by atoms with Crippen LogP contribution >= 0.6 is 11.8 Å². The van der Waals surface area contributed by atoms with Crippen molar-refractivity contribution in [2.75, 3.05) is 0 Å². The largest absolute Gasteiger partial charge is 0.290 e. The first-order chi connectivity index (χ1) is 9.88. The number of carbonyl (C=O) groups excluding carboxylic acids is 1. The van der Waals surface area contributed by atoms with Crippen molar-refractivity contribution in [3.63, 3.8) is 0 Å². The van der Waals surface area contributed by atoms with Crippen LogP contribution < -0.4 is 0 Å². The highest BCUT2D eigenvalue weighted by molar-refractivity contribution is 8.00. The van der Waals surface area contributed by atoms with Gasteiger partial charge in [0.05, 0.1) is 0 Å². The molecule has 0 fully saturated rings. The van der Waals surface area contributed by atoms with Crippen LogP contribution in [0.5, 0.6) is 0 Å². The number of Topliss-reactive ketones (excluding diaryl/α,β-unsaturated/α-hetero) is 1. The molecular formula is C18H19FOS. The highest BCUT2D eigenvalue weighted by atomic mass is 32.2. The molecule has 0 aliphatic heterocycles. The SMILES string of the molecule is CC(C)(C)c1ccc(SC(F)C(=O)c2ccccc2)cc1. The quantitative estimate of drug-likeness (QED) is 0.566. The van der Waals surface area contributed by atoms with Gasteiger partial charge in [0.1, 0.15) is 0 Å². The van der Waals surface area contributed by atoms with Gasteiger partial charge in [0.2, 0.25) is 11.3 Å². The molecule has 3 heteroatoms. The van der Waals surface area contributed by atoms with Crippen molar-refractivity contribution in [1.82, 2.24) is 0 Å². The molecule has 0 amide bonds. The fourth-order valence-electron chi connectivity index (χ4n) is 1.94. The van der Waals surface area contributed by atoms with Gasteiger partial charge in [-0.25, -0.2) is 4.39 Å². The van der Waals surface area contributed by atoms with Crippen molar-refractivity contribution in [2.24, 2.45) is 0 Å². The molecule has 0 saturated heterocycles. The second kappa shape index (κ2) is 6.44. The third kappa shape index (κ3) is 4.18. The molecule has 0 heterocycles. The van der Waals surface area contributed by atoms with Crippen LogP contribution in [0.15, 0.2) is 59.5 Å². The Balaban J connectivity index is 2.06. The summed E-state index contributed by atoms with van der Waals surface area (Å²) in [6, 6.07) is 16.3. The van der Waals surface area contributed by atoms with Crippen LogP contribution in [0.2, 0.25) is 0 Å². The van der Waals surface area contributed by atoms with Crippen LogP contribution in [0, 0.1) is 0 Å². The van der Waals surface area contributed by atoms with Gasteiger partial charge in [-0.15, -0.1) is 0 Å². The maximum absolute atomic E-state index is 14.1. The lowest BCUT2D eigenvalue weighted by Gasteiger charge is -2.19. The lowest BCUT2D eigenvalue weighted by molar-refractivity contribution is 0.0939. The number of ketones is 1. The van der Waals surface area contributed by atoms with Crippen LogP contribution in [-0.2, 0) is 5.41 Å². The Morgan fingerprint density at radius 1 is 1.00 bits per heavy atom. The standard InChI is InChI=1S/C18H19FOS/c1-18(2,3)14-9-11-15(12-10-14)21-17(19)16(20)13-7-5-4-6-8-13/h4-12,17H,1-3H3. The van der Waals surface area contributed by atoms with Crippen LogP contribution in [0.3, 0.4) is 0 Å². The van der Waals surface area contributed by atoms with Crippen molar-refractivity contribution in [3.8, 4) is 0 Å². The zero-order chi connectivity index (χ0) is 15.5. The van der Waals surface area contributed by atoms with E-state index in [-0.39, 0.29) is 5.41 Å². The highest BCUT2D eigenvalue weighted by Gasteiger charge is 2.20. The smallest absolute Gasteiger partial charge is 0.213 e. The first-order valence-corrected chi connectivity index (χ1v) is 7.76. The predicted molar refractivity (Wildman–Crippen MR) is 86.7 cm³/mol. The summed E-state index contributed by atoms with van der Waals surface area (Å²) in [4.78, 5) is 12.7. The van der Waals surface area contributed by atoms with Gasteiger partial charge in [0, 0.05) is 10.5 Å². The molecular weight excluding hydrogens is 283 g/mol. The van der Waals surface area contributed by atoms with E-state index in [1.807, 2.05) is 30.3 Å². The minimum atomic E-state index is -1.58. The molecule has 0 aliphatic rings. The lowest BCUT2D eigenvalue weighted by atomic mass is 9.87. The molecule has 1 unspecified atom stereocenters.